The van der Waals surface area contributed by atoms with Gasteiger partial charge in [-0.3, -0.25) is 0 Å². The Morgan fingerprint density at radius 2 is 1.92 bits per heavy atom. The summed E-state index contributed by atoms with van der Waals surface area (Å²) in [6, 6.07) is 3.81. The summed E-state index contributed by atoms with van der Waals surface area (Å²) in [5.41, 5.74) is 1.09. The highest BCUT2D eigenvalue weighted by Gasteiger charge is 2.20. The highest BCUT2D eigenvalue weighted by atomic mass is 16.5. The van der Waals surface area contributed by atoms with Gasteiger partial charge in [0.15, 0.2) is 5.82 Å². The number of hydrogen-bond acceptors (Lipinski definition) is 8. The fourth-order valence-electron chi connectivity index (χ4n) is 2.75. The normalized spacial score (nSPS) is 14.2. The lowest BCUT2D eigenvalue weighted by atomic mass is 10.2. The second-order valence-electron chi connectivity index (χ2n) is 5.58. The zero-order chi connectivity index (χ0) is 18.4. The lowest BCUT2D eigenvalue weighted by molar-refractivity contribution is 0.122. The molecule has 1 aromatic heterocycles. The average Bonchev–Trinajstić information content (AvgIpc) is 2.65. The third kappa shape index (κ3) is 4.23. The molecule has 9 nitrogen and oxygen atoms in total. The molecule has 0 aliphatic carbocycles. The number of nitrogens with zero attached hydrogens (tertiary/aromatic N) is 3. The van der Waals surface area contributed by atoms with Crippen molar-refractivity contribution < 1.29 is 14.2 Å². The van der Waals surface area contributed by atoms with Gasteiger partial charge < -0.3 is 24.4 Å². The van der Waals surface area contributed by atoms with Crippen LogP contribution in [0.15, 0.2) is 23.1 Å². The first-order valence-corrected chi connectivity index (χ1v) is 8.66. The molecule has 9 heteroatoms. The van der Waals surface area contributed by atoms with E-state index >= 15 is 0 Å². The molecule has 2 heterocycles. The third-order valence-electron chi connectivity index (χ3n) is 3.84. The van der Waals surface area contributed by atoms with Gasteiger partial charge in [0.25, 0.3) is 0 Å². The summed E-state index contributed by atoms with van der Waals surface area (Å²) in [5, 5.41) is 9.08. The molecule has 2 N–H and O–H groups in total. The number of H-pyrrole nitrogens is 1. The van der Waals surface area contributed by atoms with E-state index in [-0.39, 0.29) is 0 Å². The topological polar surface area (TPSA) is 102 Å². The van der Waals surface area contributed by atoms with Gasteiger partial charge in [-0.25, -0.2) is 9.89 Å². The Labute approximate surface area is 151 Å². The molecule has 0 saturated carbocycles. The maximum absolute atomic E-state index is 11.4. The molecule has 0 spiro atoms. The molecule has 1 fully saturated rings. The molecule has 0 bridgehead atoms. The number of hydrogen-bond donors (Lipinski definition) is 2. The molecule has 1 aliphatic rings. The molecule has 0 atom stereocenters. The van der Waals surface area contributed by atoms with E-state index in [2.05, 4.69) is 25.4 Å². The van der Waals surface area contributed by atoms with Crippen LogP contribution in [0.3, 0.4) is 0 Å². The maximum Gasteiger partial charge on any atom is 0.363 e. The van der Waals surface area contributed by atoms with Gasteiger partial charge in [-0.1, -0.05) is 0 Å². The number of ether oxygens (including phenoxy) is 3. The number of benzene rings is 1. The summed E-state index contributed by atoms with van der Waals surface area (Å²) >= 11 is 0. The van der Waals surface area contributed by atoms with Crippen LogP contribution in [-0.4, -0.2) is 54.7 Å². The SMILES string of the molecule is CCOc1cc(N2CCOCC2)c(OCC)cc1Nc1cn[nH]c(=O)n1. The standard InChI is InChI=1S/C17H23N5O4/c1-3-25-14-10-13(22-5-7-24-8-6-22)15(26-4-2)9-12(14)19-16-11-18-21-17(23)20-16/h9-11H,3-8H2,1-2H3,(H2,19,20,21,23). The summed E-state index contributed by atoms with van der Waals surface area (Å²) in [7, 11) is 0. The largest absolute Gasteiger partial charge is 0.492 e. The number of morpholine rings is 1. The highest BCUT2D eigenvalue weighted by Crippen LogP contribution is 2.40. The van der Waals surface area contributed by atoms with Gasteiger partial charge in [-0.2, -0.15) is 10.1 Å². The van der Waals surface area contributed by atoms with Crippen molar-refractivity contribution in [3.8, 4) is 11.5 Å². The van der Waals surface area contributed by atoms with Crippen molar-refractivity contribution in [2.24, 2.45) is 0 Å². The Morgan fingerprint density at radius 3 is 2.62 bits per heavy atom. The van der Waals surface area contributed by atoms with E-state index in [4.69, 9.17) is 14.2 Å². The van der Waals surface area contributed by atoms with Crippen molar-refractivity contribution >= 4 is 17.2 Å². The molecule has 1 aliphatic heterocycles. The van der Waals surface area contributed by atoms with Crippen LogP contribution in [0.25, 0.3) is 0 Å². The van der Waals surface area contributed by atoms with Crippen LogP contribution < -0.4 is 25.4 Å². The van der Waals surface area contributed by atoms with Gasteiger partial charge in [0, 0.05) is 25.2 Å². The lowest BCUT2D eigenvalue weighted by Crippen LogP contribution is -2.36. The van der Waals surface area contributed by atoms with E-state index in [1.54, 1.807) is 0 Å². The zero-order valence-corrected chi connectivity index (χ0v) is 14.9. The second-order valence-corrected chi connectivity index (χ2v) is 5.58. The van der Waals surface area contributed by atoms with Crippen LogP contribution in [0.1, 0.15) is 13.8 Å². The number of nitrogens with one attached hydrogen (secondary N) is 2. The Morgan fingerprint density at radius 1 is 1.19 bits per heavy atom. The first-order valence-electron chi connectivity index (χ1n) is 8.66. The van der Waals surface area contributed by atoms with Crippen molar-refractivity contribution in [2.45, 2.75) is 13.8 Å². The van der Waals surface area contributed by atoms with Crippen LogP contribution in [0, 0.1) is 0 Å². The molecule has 0 unspecified atom stereocenters. The van der Waals surface area contributed by atoms with Gasteiger partial charge in [-0.05, 0) is 13.8 Å². The van der Waals surface area contributed by atoms with E-state index in [0.29, 0.717) is 43.7 Å². The molecule has 0 amide bonds. The van der Waals surface area contributed by atoms with Crippen LogP contribution in [0.4, 0.5) is 17.2 Å². The van der Waals surface area contributed by atoms with Crippen molar-refractivity contribution in [3.63, 3.8) is 0 Å². The fourth-order valence-corrected chi connectivity index (χ4v) is 2.75. The Kier molecular flexibility index (Phi) is 5.90. The van der Waals surface area contributed by atoms with Crippen LogP contribution in [0.2, 0.25) is 0 Å². The van der Waals surface area contributed by atoms with E-state index < -0.39 is 5.69 Å². The van der Waals surface area contributed by atoms with Gasteiger partial charge >= 0.3 is 5.69 Å². The average molecular weight is 361 g/mol. The molecule has 1 saturated heterocycles. The van der Waals surface area contributed by atoms with Gasteiger partial charge in [-0.15, -0.1) is 0 Å². The number of rotatable bonds is 7. The maximum atomic E-state index is 11.4. The minimum absolute atomic E-state index is 0.330. The van der Waals surface area contributed by atoms with E-state index in [9.17, 15) is 4.79 Å². The van der Waals surface area contributed by atoms with Crippen LogP contribution in [0.5, 0.6) is 11.5 Å². The second kappa shape index (κ2) is 8.52. The van der Waals surface area contributed by atoms with E-state index in [0.717, 1.165) is 24.5 Å². The summed E-state index contributed by atoms with van der Waals surface area (Å²) < 4.78 is 17.1. The molecular formula is C17H23N5O4. The first kappa shape index (κ1) is 18.0. The predicted octanol–water partition coefficient (Wildman–Crippen LogP) is 1.54. The molecule has 140 valence electrons. The smallest absolute Gasteiger partial charge is 0.363 e. The fraction of sp³-hybridized carbons (Fsp3) is 0.471. The summed E-state index contributed by atoms with van der Waals surface area (Å²) in [4.78, 5) is 17.4. The Hall–Kier alpha value is -2.81. The predicted molar refractivity (Wildman–Crippen MR) is 97.7 cm³/mol. The molecule has 1 aromatic carbocycles. The van der Waals surface area contributed by atoms with Crippen LogP contribution in [-0.2, 0) is 4.74 Å². The van der Waals surface area contributed by atoms with Crippen molar-refractivity contribution in [1.29, 1.82) is 0 Å². The number of aromatic amines is 1. The van der Waals surface area contributed by atoms with Gasteiger partial charge in [0.05, 0.1) is 44.0 Å². The molecule has 3 rings (SSSR count). The van der Waals surface area contributed by atoms with Gasteiger partial charge in [0.1, 0.15) is 11.5 Å². The molecule has 2 aromatic rings. The quantitative estimate of drug-likeness (QED) is 0.766. The van der Waals surface area contributed by atoms with Gasteiger partial charge in [0.2, 0.25) is 0 Å². The summed E-state index contributed by atoms with van der Waals surface area (Å²) in [5.74, 6) is 1.72. The van der Waals surface area contributed by atoms with Crippen molar-refractivity contribution in [3.05, 3.63) is 28.8 Å². The minimum Gasteiger partial charge on any atom is -0.492 e. The molecular weight excluding hydrogens is 338 g/mol. The Balaban J connectivity index is 1.99. The third-order valence-corrected chi connectivity index (χ3v) is 3.84. The van der Waals surface area contributed by atoms with Crippen molar-refractivity contribution in [2.75, 3.05) is 49.7 Å². The summed E-state index contributed by atoms with van der Waals surface area (Å²) in [6.45, 7) is 7.84. The highest BCUT2D eigenvalue weighted by molar-refractivity contribution is 5.74. The monoisotopic (exact) mass is 361 g/mol. The lowest BCUT2D eigenvalue weighted by Gasteiger charge is -2.31. The van der Waals surface area contributed by atoms with Crippen molar-refractivity contribution in [1.82, 2.24) is 15.2 Å². The van der Waals surface area contributed by atoms with E-state index in [1.165, 1.54) is 6.20 Å². The van der Waals surface area contributed by atoms with E-state index in [1.807, 2.05) is 26.0 Å². The van der Waals surface area contributed by atoms with Crippen LogP contribution >= 0.6 is 0 Å². The zero-order valence-electron chi connectivity index (χ0n) is 14.9. The number of anilines is 3. The minimum atomic E-state index is -0.525. The Bertz CT molecular complexity index is 789. The summed E-state index contributed by atoms with van der Waals surface area (Å²) in [6.07, 6.45) is 1.44. The number of aromatic nitrogens is 3. The first-order chi connectivity index (χ1) is 12.7. The molecule has 0 radical (unpaired) electrons. The molecule has 26 heavy (non-hydrogen) atoms.